The standard InChI is InChI=1S/C14H14N6/c1-9-8-17-14(20-15)19-13(9)18-11-6-2-4-10-5-3-7-16-12(10)11/h2-8H,15H2,1H3,(H2,17,18,19,20). The van der Waals surface area contributed by atoms with Crippen LogP contribution in [0.2, 0.25) is 0 Å². The fourth-order valence-electron chi connectivity index (χ4n) is 1.97. The third kappa shape index (κ3) is 2.24. The van der Waals surface area contributed by atoms with E-state index in [2.05, 4.69) is 25.7 Å². The number of hydrogen-bond donors (Lipinski definition) is 3. The van der Waals surface area contributed by atoms with Gasteiger partial charge in [0.25, 0.3) is 0 Å². The van der Waals surface area contributed by atoms with Gasteiger partial charge in [-0.2, -0.15) is 4.98 Å². The Hall–Kier alpha value is -2.73. The summed E-state index contributed by atoms with van der Waals surface area (Å²) in [5.41, 5.74) is 5.16. The molecule has 0 spiro atoms. The van der Waals surface area contributed by atoms with Crippen molar-refractivity contribution in [3.05, 3.63) is 48.3 Å². The SMILES string of the molecule is Cc1cnc(NN)nc1Nc1cccc2cccnc12. The Morgan fingerprint density at radius 2 is 1.95 bits per heavy atom. The quantitative estimate of drug-likeness (QED) is 0.498. The average Bonchev–Trinajstić information content (AvgIpc) is 2.50. The Kier molecular flexibility index (Phi) is 3.14. The van der Waals surface area contributed by atoms with Crippen molar-refractivity contribution in [2.45, 2.75) is 6.92 Å². The minimum Gasteiger partial charge on any atom is -0.338 e. The van der Waals surface area contributed by atoms with E-state index in [9.17, 15) is 0 Å². The third-order valence-electron chi connectivity index (χ3n) is 2.99. The predicted molar refractivity (Wildman–Crippen MR) is 79.6 cm³/mol. The number of pyridine rings is 1. The Morgan fingerprint density at radius 1 is 1.10 bits per heavy atom. The van der Waals surface area contributed by atoms with Gasteiger partial charge in [0.2, 0.25) is 5.95 Å². The predicted octanol–water partition coefficient (Wildman–Crippen LogP) is 2.36. The van der Waals surface area contributed by atoms with E-state index in [4.69, 9.17) is 5.84 Å². The van der Waals surface area contributed by atoms with Gasteiger partial charge in [0.05, 0.1) is 11.2 Å². The lowest BCUT2D eigenvalue weighted by atomic mass is 10.2. The fraction of sp³-hybridized carbons (Fsp3) is 0.0714. The van der Waals surface area contributed by atoms with Crippen molar-refractivity contribution in [1.29, 1.82) is 0 Å². The smallest absolute Gasteiger partial charge is 0.239 e. The number of nitrogens with one attached hydrogen (secondary N) is 2. The zero-order valence-electron chi connectivity index (χ0n) is 11.0. The number of aryl methyl sites for hydroxylation is 1. The zero-order valence-corrected chi connectivity index (χ0v) is 11.0. The monoisotopic (exact) mass is 266 g/mol. The van der Waals surface area contributed by atoms with Crippen LogP contribution in [0.3, 0.4) is 0 Å². The van der Waals surface area contributed by atoms with Crippen LogP contribution in [0.1, 0.15) is 5.56 Å². The molecule has 0 aliphatic carbocycles. The van der Waals surface area contributed by atoms with Gasteiger partial charge >= 0.3 is 0 Å². The van der Waals surface area contributed by atoms with Crippen LogP contribution in [-0.4, -0.2) is 15.0 Å². The third-order valence-corrected chi connectivity index (χ3v) is 2.99. The second kappa shape index (κ2) is 5.10. The number of fused-ring (bicyclic) bond motifs is 1. The highest BCUT2D eigenvalue weighted by atomic mass is 15.3. The summed E-state index contributed by atoms with van der Waals surface area (Å²) >= 11 is 0. The lowest BCUT2D eigenvalue weighted by Gasteiger charge is -2.11. The van der Waals surface area contributed by atoms with Crippen LogP contribution in [0.4, 0.5) is 17.5 Å². The molecule has 0 bridgehead atoms. The molecule has 6 nitrogen and oxygen atoms in total. The maximum Gasteiger partial charge on any atom is 0.239 e. The number of para-hydroxylation sites is 1. The number of benzene rings is 1. The number of aromatic nitrogens is 3. The number of nitrogen functional groups attached to an aromatic ring is 1. The summed E-state index contributed by atoms with van der Waals surface area (Å²) in [4.78, 5) is 12.8. The lowest BCUT2D eigenvalue weighted by Crippen LogP contribution is -2.11. The topological polar surface area (TPSA) is 88.8 Å². The number of rotatable bonds is 3. The minimum absolute atomic E-state index is 0.367. The Balaban J connectivity index is 2.05. The summed E-state index contributed by atoms with van der Waals surface area (Å²) < 4.78 is 0. The van der Waals surface area contributed by atoms with Gasteiger partial charge in [-0.15, -0.1) is 0 Å². The van der Waals surface area contributed by atoms with E-state index >= 15 is 0 Å². The lowest BCUT2D eigenvalue weighted by molar-refractivity contribution is 1.09. The molecule has 2 aromatic heterocycles. The Bertz CT molecular complexity index is 750. The van der Waals surface area contributed by atoms with Crippen molar-refractivity contribution in [1.82, 2.24) is 15.0 Å². The minimum atomic E-state index is 0.367. The van der Waals surface area contributed by atoms with Crippen molar-refractivity contribution < 1.29 is 0 Å². The first-order chi connectivity index (χ1) is 9.78. The van der Waals surface area contributed by atoms with E-state index in [1.54, 1.807) is 12.4 Å². The van der Waals surface area contributed by atoms with Crippen molar-refractivity contribution in [3.8, 4) is 0 Å². The summed E-state index contributed by atoms with van der Waals surface area (Å²) in [6.45, 7) is 1.93. The van der Waals surface area contributed by atoms with Gasteiger partial charge in [-0.1, -0.05) is 18.2 Å². The Labute approximate surface area is 116 Å². The molecular weight excluding hydrogens is 252 g/mol. The molecule has 0 atom stereocenters. The van der Waals surface area contributed by atoms with E-state index in [0.717, 1.165) is 22.2 Å². The first-order valence-corrected chi connectivity index (χ1v) is 6.19. The molecule has 0 aliphatic rings. The summed E-state index contributed by atoms with van der Waals surface area (Å²) in [7, 11) is 0. The first-order valence-electron chi connectivity index (χ1n) is 6.19. The highest BCUT2D eigenvalue weighted by molar-refractivity contribution is 5.91. The molecule has 3 aromatic rings. The van der Waals surface area contributed by atoms with Crippen LogP contribution >= 0.6 is 0 Å². The van der Waals surface area contributed by atoms with Crippen LogP contribution in [-0.2, 0) is 0 Å². The summed E-state index contributed by atoms with van der Waals surface area (Å²) in [6.07, 6.45) is 3.48. The van der Waals surface area contributed by atoms with Crippen molar-refractivity contribution >= 4 is 28.4 Å². The second-order valence-electron chi connectivity index (χ2n) is 4.38. The van der Waals surface area contributed by atoms with Crippen molar-refractivity contribution in [2.24, 2.45) is 5.84 Å². The molecule has 0 saturated heterocycles. The maximum absolute atomic E-state index is 5.34. The highest BCUT2D eigenvalue weighted by Crippen LogP contribution is 2.25. The molecule has 1 aromatic carbocycles. The van der Waals surface area contributed by atoms with Gasteiger partial charge in [0, 0.05) is 23.3 Å². The number of nitrogens with zero attached hydrogens (tertiary/aromatic N) is 3. The fourth-order valence-corrected chi connectivity index (χ4v) is 1.97. The molecule has 0 amide bonds. The zero-order chi connectivity index (χ0) is 13.9. The van der Waals surface area contributed by atoms with Crippen LogP contribution in [0, 0.1) is 6.92 Å². The van der Waals surface area contributed by atoms with E-state index in [0.29, 0.717) is 11.8 Å². The van der Waals surface area contributed by atoms with Crippen LogP contribution in [0.25, 0.3) is 10.9 Å². The summed E-state index contributed by atoms with van der Waals surface area (Å²) in [6, 6.07) is 9.90. The van der Waals surface area contributed by atoms with Gasteiger partial charge < -0.3 is 5.32 Å². The normalized spacial score (nSPS) is 10.5. The Morgan fingerprint density at radius 3 is 2.80 bits per heavy atom. The van der Waals surface area contributed by atoms with Crippen LogP contribution in [0.15, 0.2) is 42.7 Å². The molecular formula is C14H14N6. The summed E-state index contributed by atoms with van der Waals surface area (Å²) in [5, 5.41) is 4.35. The molecule has 0 saturated carbocycles. The molecule has 0 fully saturated rings. The highest BCUT2D eigenvalue weighted by Gasteiger charge is 2.06. The van der Waals surface area contributed by atoms with Gasteiger partial charge in [0.1, 0.15) is 5.82 Å². The van der Waals surface area contributed by atoms with Crippen molar-refractivity contribution in [2.75, 3.05) is 10.7 Å². The molecule has 3 rings (SSSR count). The van der Waals surface area contributed by atoms with Crippen LogP contribution in [0.5, 0.6) is 0 Å². The maximum atomic E-state index is 5.34. The molecule has 20 heavy (non-hydrogen) atoms. The van der Waals surface area contributed by atoms with E-state index in [-0.39, 0.29) is 0 Å². The molecule has 100 valence electrons. The molecule has 2 heterocycles. The van der Waals surface area contributed by atoms with Gasteiger partial charge in [0.15, 0.2) is 0 Å². The second-order valence-corrected chi connectivity index (χ2v) is 4.38. The summed E-state index contributed by atoms with van der Waals surface area (Å²) in [5.74, 6) is 6.40. The number of nitrogens with two attached hydrogens (primary N) is 1. The largest absolute Gasteiger partial charge is 0.338 e. The van der Waals surface area contributed by atoms with Gasteiger partial charge in [-0.3, -0.25) is 10.4 Å². The first kappa shape index (κ1) is 12.3. The van der Waals surface area contributed by atoms with Gasteiger partial charge in [-0.25, -0.2) is 10.8 Å². The molecule has 6 heteroatoms. The number of anilines is 3. The molecule has 4 N–H and O–H groups in total. The number of hydrazine groups is 1. The van der Waals surface area contributed by atoms with Crippen LogP contribution < -0.4 is 16.6 Å². The molecule has 0 radical (unpaired) electrons. The molecule has 0 unspecified atom stereocenters. The van der Waals surface area contributed by atoms with E-state index < -0.39 is 0 Å². The number of hydrogen-bond acceptors (Lipinski definition) is 6. The average molecular weight is 266 g/mol. The van der Waals surface area contributed by atoms with Gasteiger partial charge in [-0.05, 0) is 19.1 Å². The van der Waals surface area contributed by atoms with Crippen molar-refractivity contribution in [3.63, 3.8) is 0 Å². The molecule has 0 aliphatic heterocycles. The van der Waals surface area contributed by atoms with E-state index in [1.165, 1.54) is 0 Å². The van der Waals surface area contributed by atoms with E-state index in [1.807, 2.05) is 37.3 Å².